The van der Waals surface area contributed by atoms with Crippen LogP contribution in [0, 0.1) is 6.61 Å². The summed E-state index contributed by atoms with van der Waals surface area (Å²) in [6.45, 7) is -1.01. The molecule has 0 radical (unpaired) electrons. The zero-order valence-electron chi connectivity index (χ0n) is 19.2. The highest BCUT2D eigenvalue weighted by atomic mass is 31.3. The van der Waals surface area contributed by atoms with Gasteiger partial charge in [0.25, 0.3) is 12.7 Å². The molecule has 39 heavy (non-hydrogen) atoms. The van der Waals surface area contributed by atoms with Gasteiger partial charge in [0.15, 0.2) is 29.9 Å². The standard InChI is InChI=1S/C15H22N5O16P3/c16-13-9-14(18-4-17-13)20(5-19-9)15-12(35-37(24,25)26)11(23)8(34-15)3-33-39(29,30)36-38(27,28)32-2-7-10(22)6(21)1-31-7/h1,4-8,10-12,15,21-23H,2-3H2,(H5-,16,17,18,24,25,26,27,28,29,30)/p+1/t6-,7+,8+,10-,11+,12+,15+/m0/s1. The molecule has 0 spiro atoms. The average Bonchev–Trinajstić information content (AvgIpc) is 3.47. The highest BCUT2D eigenvalue weighted by molar-refractivity contribution is 7.61. The largest absolute Gasteiger partial charge is 0.481 e. The molecule has 2 unspecified atom stereocenters. The second-order valence-electron chi connectivity index (χ2n) is 8.10. The van der Waals surface area contributed by atoms with E-state index in [9.17, 15) is 48.6 Å². The third kappa shape index (κ3) is 7.19. The fraction of sp³-hybridized carbons (Fsp3) is 0.600. The van der Waals surface area contributed by atoms with Gasteiger partial charge in [-0.25, -0.2) is 28.6 Å². The first-order valence-electron chi connectivity index (χ1n) is 10.6. The van der Waals surface area contributed by atoms with Crippen LogP contribution in [0.15, 0.2) is 12.7 Å². The van der Waals surface area contributed by atoms with E-state index in [1.54, 1.807) is 0 Å². The van der Waals surface area contributed by atoms with Gasteiger partial charge >= 0.3 is 23.5 Å². The first kappa shape index (κ1) is 30.4. The molecule has 9 atom stereocenters. The van der Waals surface area contributed by atoms with Crippen molar-refractivity contribution in [3.05, 3.63) is 19.3 Å². The number of fused-ring (bicyclic) bond motifs is 1. The SMILES string of the molecule is Nc1ncnc2c1ncn2[C@@H]1O[C@H](COP(=O)(O)OP(=O)(O)OC[C@H]2O[CH+][C@H](O)[C@@H]2O)[C@@H](O)[C@H]1OP(=O)(O)O. The van der Waals surface area contributed by atoms with Crippen molar-refractivity contribution in [1.82, 2.24) is 19.5 Å². The summed E-state index contributed by atoms with van der Waals surface area (Å²) >= 11 is 0. The molecule has 2 fully saturated rings. The third-order valence-electron chi connectivity index (χ3n) is 5.37. The molecule has 0 aliphatic carbocycles. The number of nitrogens with two attached hydrogens (primary N) is 1. The Morgan fingerprint density at radius 2 is 1.62 bits per heavy atom. The Morgan fingerprint density at radius 1 is 0.974 bits per heavy atom. The maximum Gasteiger partial charge on any atom is 0.481 e. The molecule has 0 aromatic carbocycles. The van der Waals surface area contributed by atoms with Crippen LogP contribution in [0.2, 0.25) is 0 Å². The lowest BCUT2D eigenvalue weighted by atomic mass is 10.1. The lowest BCUT2D eigenvalue weighted by Gasteiger charge is -2.22. The first-order valence-corrected chi connectivity index (χ1v) is 15.1. The van der Waals surface area contributed by atoms with Crippen LogP contribution in [0.3, 0.4) is 0 Å². The number of nitrogens with zero attached hydrogens (tertiary/aromatic N) is 4. The van der Waals surface area contributed by atoms with Gasteiger partial charge < -0.3 is 45.4 Å². The molecule has 2 aliphatic heterocycles. The minimum absolute atomic E-state index is 0.0246. The molecular weight excluding hydrogens is 599 g/mol. The Bertz CT molecular complexity index is 1320. The van der Waals surface area contributed by atoms with Crippen LogP contribution >= 0.6 is 23.5 Å². The summed E-state index contributed by atoms with van der Waals surface area (Å²) in [6.07, 6.45) is -8.87. The number of nitrogen functional groups attached to an aromatic ring is 1. The monoisotopic (exact) mass is 622 g/mol. The number of hydrogen-bond donors (Lipinski definition) is 8. The Morgan fingerprint density at radius 3 is 2.21 bits per heavy atom. The van der Waals surface area contributed by atoms with E-state index >= 15 is 0 Å². The van der Waals surface area contributed by atoms with Crippen molar-refractivity contribution in [2.45, 2.75) is 42.9 Å². The van der Waals surface area contributed by atoms with Gasteiger partial charge in [-0.2, -0.15) is 9.05 Å². The van der Waals surface area contributed by atoms with Gasteiger partial charge in [0, 0.05) is 0 Å². The second kappa shape index (κ2) is 11.3. The summed E-state index contributed by atoms with van der Waals surface area (Å²) in [5.74, 6) is -0.0398. The molecule has 2 aromatic heterocycles. The fourth-order valence-corrected chi connectivity index (χ4v) is 6.26. The van der Waals surface area contributed by atoms with Gasteiger partial charge in [0.2, 0.25) is 0 Å². The molecule has 24 heteroatoms. The molecule has 21 nitrogen and oxygen atoms in total. The van der Waals surface area contributed by atoms with Crippen molar-refractivity contribution >= 4 is 40.4 Å². The number of aliphatic hydroxyl groups excluding tert-OH is 3. The van der Waals surface area contributed by atoms with Crippen molar-refractivity contribution in [3.63, 3.8) is 0 Å². The van der Waals surface area contributed by atoms with E-state index in [0.717, 1.165) is 23.8 Å². The number of aliphatic hydroxyl groups is 3. The highest BCUT2D eigenvalue weighted by Gasteiger charge is 2.50. The first-order chi connectivity index (χ1) is 18.1. The topological polar surface area (TPSA) is 318 Å². The van der Waals surface area contributed by atoms with Gasteiger partial charge in [0.1, 0.15) is 30.2 Å². The maximum absolute atomic E-state index is 12.3. The molecule has 0 amide bonds. The summed E-state index contributed by atoms with van der Waals surface area (Å²) in [7, 11) is -15.9. The molecule has 9 N–H and O–H groups in total. The molecule has 4 heterocycles. The fourth-order valence-electron chi connectivity index (χ4n) is 3.62. The number of aromatic nitrogens is 4. The number of imidazole rings is 1. The van der Waals surface area contributed by atoms with E-state index in [1.807, 2.05) is 0 Å². The predicted molar refractivity (Wildman–Crippen MR) is 120 cm³/mol. The summed E-state index contributed by atoms with van der Waals surface area (Å²) in [6, 6.07) is 0. The number of phosphoric ester groups is 3. The van der Waals surface area contributed by atoms with Crippen molar-refractivity contribution in [2.75, 3.05) is 18.9 Å². The summed E-state index contributed by atoms with van der Waals surface area (Å²) in [5, 5.41) is 29.6. The van der Waals surface area contributed by atoms with E-state index in [4.69, 9.17) is 15.2 Å². The number of anilines is 1. The zero-order valence-corrected chi connectivity index (χ0v) is 21.9. The van der Waals surface area contributed by atoms with Crippen molar-refractivity contribution in [3.8, 4) is 0 Å². The minimum atomic E-state index is -5.41. The zero-order chi connectivity index (χ0) is 28.8. The van der Waals surface area contributed by atoms with Crippen LogP contribution in [0.5, 0.6) is 0 Å². The average molecular weight is 622 g/mol. The van der Waals surface area contributed by atoms with Crippen LogP contribution in [0.1, 0.15) is 6.23 Å². The quantitative estimate of drug-likeness (QED) is 0.0962. The third-order valence-corrected chi connectivity index (χ3v) is 8.49. The van der Waals surface area contributed by atoms with E-state index < -0.39 is 79.5 Å². The molecule has 4 rings (SSSR count). The minimum Gasteiger partial charge on any atom is -0.387 e. The molecule has 2 saturated heterocycles. The molecule has 2 aromatic rings. The molecule has 0 saturated carbocycles. The highest BCUT2D eigenvalue weighted by Crippen LogP contribution is 2.61. The number of ether oxygens (including phenoxy) is 2. The van der Waals surface area contributed by atoms with Crippen molar-refractivity contribution < 1.29 is 75.9 Å². The van der Waals surface area contributed by atoms with E-state index in [2.05, 4.69) is 32.8 Å². The lowest BCUT2D eigenvalue weighted by molar-refractivity contribution is -0.0500. The van der Waals surface area contributed by atoms with Crippen LogP contribution in [-0.4, -0.2) is 104 Å². The Labute approximate surface area is 217 Å². The van der Waals surface area contributed by atoms with Crippen LogP contribution in [-0.2, 0) is 41.1 Å². The molecule has 0 bridgehead atoms. The smallest absolute Gasteiger partial charge is 0.387 e. The second-order valence-corrected chi connectivity index (χ2v) is 12.3. The lowest BCUT2D eigenvalue weighted by Crippen LogP contribution is -2.35. The molecular formula is C15H23N5O16P3+. The summed E-state index contributed by atoms with van der Waals surface area (Å²) in [4.78, 5) is 49.9. The van der Waals surface area contributed by atoms with Crippen molar-refractivity contribution in [2.24, 2.45) is 0 Å². The summed E-state index contributed by atoms with van der Waals surface area (Å²) in [5.41, 5.74) is 5.83. The van der Waals surface area contributed by atoms with Gasteiger partial charge in [-0.15, -0.1) is 0 Å². The Hall–Kier alpha value is -1.61. The van der Waals surface area contributed by atoms with Crippen LogP contribution < -0.4 is 5.73 Å². The maximum atomic E-state index is 12.3. The normalized spacial score (nSPS) is 32.6. The van der Waals surface area contributed by atoms with E-state index in [0.29, 0.717) is 0 Å². The van der Waals surface area contributed by atoms with Gasteiger partial charge in [-0.1, -0.05) is 0 Å². The number of hydrogen-bond acceptors (Lipinski definition) is 16. The summed E-state index contributed by atoms with van der Waals surface area (Å²) < 4.78 is 65.3. The predicted octanol–water partition coefficient (Wildman–Crippen LogP) is -2.32. The Kier molecular flexibility index (Phi) is 8.83. The van der Waals surface area contributed by atoms with Crippen LogP contribution in [0.4, 0.5) is 5.82 Å². The van der Waals surface area contributed by atoms with Crippen molar-refractivity contribution in [1.29, 1.82) is 0 Å². The number of rotatable bonds is 11. The van der Waals surface area contributed by atoms with E-state index in [1.165, 1.54) is 0 Å². The van der Waals surface area contributed by atoms with E-state index in [-0.39, 0.29) is 17.0 Å². The van der Waals surface area contributed by atoms with Gasteiger partial charge in [-0.3, -0.25) is 18.1 Å². The molecule has 218 valence electrons. The van der Waals surface area contributed by atoms with Gasteiger partial charge in [0.05, 0.1) is 19.5 Å². The molecule has 2 aliphatic rings. The van der Waals surface area contributed by atoms with Gasteiger partial charge in [-0.05, 0) is 0 Å². The Balaban J connectivity index is 1.43. The number of phosphoric acid groups is 3. The van der Waals surface area contributed by atoms with Crippen LogP contribution in [0.25, 0.3) is 11.2 Å².